The smallest absolute Gasteiger partial charge is 0.240 e. The highest BCUT2D eigenvalue weighted by molar-refractivity contribution is 14.0. The second kappa shape index (κ2) is 12.6. The summed E-state index contributed by atoms with van der Waals surface area (Å²) in [7, 11) is -0.325. The average Bonchev–Trinajstić information content (AvgIpc) is 2.69. The van der Waals surface area contributed by atoms with E-state index in [1.54, 1.807) is 37.4 Å². The largest absolute Gasteiger partial charge is 0.356 e. The summed E-state index contributed by atoms with van der Waals surface area (Å²) in [5, 5.41) is 7.77. The third kappa shape index (κ3) is 8.29. The van der Waals surface area contributed by atoms with E-state index >= 15 is 0 Å². The molecular weight excluding hydrogens is 546 g/mol. The molecule has 0 saturated heterocycles. The third-order valence-electron chi connectivity index (χ3n) is 4.12. The van der Waals surface area contributed by atoms with E-state index in [2.05, 4.69) is 20.3 Å². The van der Waals surface area contributed by atoms with Gasteiger partial charge in [0.25, 0.3) is 0 Å². The van der Waals surface area contributed by atoms with Crippen molar-refractivity contribution in [3.63, 3.8) is 0 Å². The summed E-state index contributed by atoms with van der Waals surface area (Å²) in [6, 6.07) is 12.2. The highest BCUT2D eigenvalue weighted by Crippen LogP contribution is 2.21. The molecule has 0 aliphatic carbocycles. The molecule has 29 heavy (non-hydrogen) atoms. The monoisotopic (exact) mass is 570 g/mol. The van der Waals surface area contributed by atoms with E-state index in [0.717, 1.165) is 30.5 Å². The number of halogens is 3. The predicted molar refractivity (Wildman–Crippen MR) is 131 cm³/mol. The van der Waals surface area contributed by atoms with Gasteiger partial charge >= 0.3 is 0 Å². The zero-order valence-corrected chi connectivity index (χ0v) is 20.9. The molecule has 0 heterocycles. The van der Waals surface area contributed by atoms with Crippen LogP contribution in [0.4, 0.5) is 0 Å². The molecule has 0 aliphatic rings. The first kappa shape index (κ1) is 26.0. The Bertz CT molecular complexity index is 922. The number of hydrogen-bond acceptors (Lipinski definition) is 3. The van der Waals surface area contributed by atoms with Crippen LogP contribution in [0, 0.1) is 0 Å². The van der Waals surface area contributed by atoms with Crippen LogP contribution >= 0.6 is 47.2 Å². The summed E-state index contributed by atoms with van der Waals surface area (Å²) < 4.78 is 25.8. The van der Waals surface area contributed by atoms with Gasteiger partial charge in [0.2, 0.25) is 10.0 Å². The maximum Gasteiger partial charge on any atom is 0.240 e. The Morgan fingerprint density at radius 1 is 1.07 bits per heavy atom. The Hall–Kier alpha value is -1.07. The minimum atomic E-state index is -3.42. The number of nitrogens with one attached hydrogen (secondary N) is 3. The zero-order valence-electron chi connectivity index (χ0n) is 16.2. The molecule has 0 fully saturated rings. The first-order chi connectivity index (χ1) is 13.4. The fourth-order valence-electron chi connectivity index (χ4n) is 2.52. The Labute approximate surface area is 199 Å². The fraction of sp³-hybridized carbons (Fsp3) is 0.316. The van der Waals surface area contributed by atoms with Gasteiger partial charge in [0, 0.05) is 30.2 Å². The molecule has 0 bridgehead atoms. The Kier molecular flexibility index (Phi) is 11.3. The first-order valence-electron chi connectivity index (χ1n) is 8.76. The van der Waals surface area contributed by atoms with Crippen molar-refractivity contribution >= 4 is 63.2 Å². The van der Waals surface area contributed by atoms with E-state index in [9.17, 15) is 8.42 Å². The standard InChI is InChI=1S/C19H24Cl2N4O2S.HI/c1-22-19(24-11-3-4-15-7-8-16(20)12-18(15)21)25-13-14-5-9-17(10-6-14)28(26,27)23-2;/h5-10,12,23H,3-4,11,13H2,1-2H3,(H2,22,24,25);1H. The van der Waals surface area contributed by atoms with Gasteiger partial charge in [0.15, 0.2) is 5.96 Å². The molecule has 0 spiro atoms. The molecule has 10 heteroatoms. The fourth-order valence-corrected chi connectivity index (χ4v) is 3.75. The van der Waals surface area contributed by atoms with Gasteiger partial charge in [-0.25, -0.2) is 13.1 Å². The Morgan fingerprint density at radius 3 is 2.34 bits per heavy atom. The molecule has 0 unspecified atom stereocenters. The summed E-state index contributed by atoms with van der Waals surface area (Å²) in [5.41, 5.74) is 2.01. The summed E-state index contributed by atoms with van der Waals surface area (Å²) in [6.07, 6.45) is 1.72. The maximum atomic E-state index is 11.7. The number of benzene rings is 2. The van der Waals surface area contributed by atoms with Gasteiger partial charge in [-0.05, 0) is 55.3 Å². The summed E-state index contributed by atoms with van der Waals surface area (Å²) >= 11 is 12.1. The number of sulfonamides is 1. The molecule has 0 radical (unpaired) electrons. The van der Waals surface area contributed by atoms with Crippen LogP contribution in [0.2, 0.25) is 10.0 Å². The van der Waals surface area contributed by atoms with Crippen molar-refractivity contribution < 1.29 is 8.42 Å². The lowest BCUT2D eigenvalue weighted by molar-refractivity contribution is 0.588. The van der Waals surface area contributed by atoms with Crippen LogP contribution in [0.1, 0.15) is 17.5 Å². The van der Waals surface area contributed by atoms with Gasteiger partial charge in [-0.2, -0.15) is 0 Å². The van der Waals surface area contributed by atoms with E-state index in [4.69, 9.17) is 23.2 Å². The van der Waals surface area contributed by atoms with Crippen molar-refractivity contribution in [2.75, 3.05) is 20.6 Å². The zero-order chi connectivity index (χ0) is 20.6. The second-order valence-electron chi connectivity index (χ2n) is 6.04. The SMILES string of the molecule is CN=C(NCCCc1ccc(Cl)cc1Cl)NCc1ccc(S(=O)(=O)NC)cc1.I. The van der Waals surface area contributed by atoms with E-state index in [-0.39, 0.29) is 28.9 Å². The maximum absolute atomic E-state index is 11.7. The van der Waals surface area contributed by atoms with Gasteiger partial charge < -0.3 is 10.6 Å². The highest BCUT2D eigenvalue weighted by Gasteiger charge is 2.10. The van der Waals surface area contributed by atoms with Crippen LogP contribution in [0.5, 0.6) is 0 Å². The van der Waals surface area contributed by atoms with Crippen molar-refractivity contribution in [3.8, 4) is 0 Å². The van der Waals surface area contributed by atoms with Crippen LogP contribution < -0.4 is 15.4 Å². The summed E-state index contributed by atoms with van der Waals surface area (Å²) in [6.45, 7) is 1.26. The van der Waals surface area contributed by atoms with Crippen LogP contribution in [0.15, 0.2) is 52.4 Å². The van der Waals surface area contributed by atoms with Crippen LogP contribution in [-0.2, 0) is 23.0 Å². The molecule has 0 saturated carbocycles. The van der Waals surface area contributed by atoms with E-state index in [1.807, 2.05) is 12.1 Å². The molecule has 0 amide bonds. The number of rotatable bonds is 8. The van der Waals surface area contributed by atoms with Crippen LogP contribution in [0.25, 0.3) is 0 Å². The molecule has 3 N–H and O–H groups in total. The lowest BCUT2D eigenvalue weighted by Crippen LogP contribution is -2.37. The average molecular weight is 571 g/mol. The normalized spacial score (nSPS) is 11.7. The molecule has 0 aromatic heterocycles. The number of hydrogen-bond donors (Lipinski definition) is 3. The second-order valence-corrected chi connectivity index (χ2v) is 8.77. The van der Waals surface area contributed by atoms with Gasteiger partial charge in [-0.15, -0.1) is 24.0 Å². The van der Waals surface area contributed by atoms with Gasteiger partial charge in [-0.3, -0.25) is 4.99 Å². The summed E-state index contributed by atoms with van der Waals surface area (Å²) in [5.74, 6) is 0.675. The lowest BCUT2D eigenvalue weighted by Gasteiger charge is -2.12. The Morgan fingerprint density at radius 2 is 1.76 bits per heavy atom. The first-order valence-corrected chi connectivity index (χ1v) is 11.0. The van der Waals surface area contributed by atoms with Gasteiger partial charge in [0.05, 0.1) is 4.90 Å². The Balaban J connectivity index is 0.00000420. The van der Waals surface area contributed by atoms with E-state index in [0.29, 0.717) is 22.5 Å². The predicted octanol–water partition coefficient (Wildman–Crippen LogP) is 3.82. The molecule has 160 valence electrons. The topological polar surface area (TPSA) is 82.6 Å². The number of guanidine groups is 1. The third-order valence-corrected chi connectivity index (χ3v) is 6.13. The summed E-state index contributed by atoms with van der Waals surface area (Å²) in [4.78, 5) is 4.43. The minimum Gasteiger partial charge on any atom is -0.356 e. The number of aryl methyl sites for hydroxylation is 1. The van der Waals surface area contributed by atoms with Crippen LogP contribution in [0.3, 0.4) is 0 Å². The molecule has 0 aliphatic heterocycles. The van der Waals surface area contributed by atoms with Crippen molar-refractivity contribution in [1.29, 1.82) is 0 Å². The van der Waals surface area contributed by atoms with Gasteiger partial charge in [-0.1, -0.05) is 41.4 Å². The van der Waals surface area contributed by atoms with Crippen molar-refractivity contribution in [2.24, 2.45) is 4.99 Å². The van der Waals surface area contributed by atoms with E-state index < -0.39 is 10.0 Å². The lowest BCUT2D eigenvalue weighted by atomic mass is 10.1. The molecule has 0 atom stereocenters. The van der Waals surface area contributed by atoms with Gasteiger partial charge in [0.1, 0.15) is 0 Å². The number of nitrogens with zero attached hydrogens (tertiary/aromatic N) is 1. The molecular formula is C19H25Cl2IN4O2S. The molecule has 6 nitrogen and oxygen atoms in total. The quantitative estimate of drug-likeness (QED) is 0.195. The van der Waals surface area contributed by atoms with Crippen molar-refractivity contribution in [1.82, 2.24) is 15.4 Å². The number of aliphatic imine (C=N–C) groups is 1. The molecule has 2 aromatic rings. The minimum absolute atomic E-state index is 0. The van der Waals surface area contributed by atoms with Crippen molar-refractivity contribution in [3.05, 3.63) is 63.6 Å². The van der Waals surface area contributed by atoms with E-state index in [1.165, 1.54) is 7.05 Å². The molecule has 2 aromatic carbocycles. The van der Waals surface area contributed by atoms with Crippen LogP contribution in [-0.4, -0.2) is 35.0 Å². The highest BCUT2D eigenvalue weighted by atomic mass is 127. The van der Waals surface area contributed by atoms with Crippen molar-refractivity contribution in [2.45, 2.75) is 24.3 Å². The molecule has 2 rings (SSSR count).